The Bertz CT molecular complexity index is 567. The number of amides is 1. The molecule has 25 heavy (non-hydrogen) atoms. The molecule has 1 aliphatic heterocycles. The fourth-order valence-corrected chi connectivity index (χ4v) is 2.39. The molecule has 0 unspecified atom stereocenters. The zero-order chi connectivity index (χ0) is 18.7. The van der Waals surface area contributed by atoms with Crippen molar-refractivity contribution in [1.29, 1.82) is 0 Å². The maximum Gasteiger partial charge on any atom is 0.410 e. The summed E-state index contributed by atoms with van der Waals surface area (Å²) in [6.45, 7) is 12.1. The van der Waals surface area contributed by atoms with Gasteiger partial charge in [-0.3, -0.25) is 0 Å². The summed E-state index contributed by atoms with van der Waals surface area (Å²) in [4.78, 5) is 20.4. The fraction of sp³-hybridized carbons (Fsp3) is 0.667. The van der Waals surface area contributed by atoms with Crippen LogP contribution in [0.25, 0.3) is 5.32 Å². The Morgan fingerprint density at radius 2 is 1.84 bits per heavy atom. The van der Waals surface area contributed by atoms with E-state index in [1.165, 1.54) is 0 Å². The van der Waals surface area contributed by atoms with Crippen LogP contribution in [-0.2, 0) is 4.74 Å². The molecule has 1 N–H and O–H groups in total. The van der Waals surface area contributed by atoms with Crippen molar-refractivity contribution in [2.24, 2.45) is 0 Å². The lowest BCUT2D eigenvalue weighted by Gasteiger charge is -2.36. The van der Waals surface area contributed by atoms with Crippen LogP contribution in [0.5, 0.6) is 0 Å². The molecule has 140 valence electrons. The van der Waals surface area contributed by atoms with Crippen LogP contribution in [0.15, 0.2) is 18.3 Å². The minimum absolute atomic E-state index is 0.263. The molecular formula is C18H29N4O3-. The number of ether oxygens (including phenoxy) is 1. The number of piperazine rings is 1. The largest absolute Gasteiger partial charge is 0.681 e. The monoisotopic (exact) mass is 349 g/mol. The van der Waals surface area contributed by atoms with Gasteiger partial charge in [0, 0.05) is 38.0 Å². The van der Waals surface area contributed by atoms with Gasteiger partial charge in [-0.05, 0) is 40.7 Å². The molecule has 0 bridgehead atoms. The third-order valence-electron chi connectivity index (χ3n) is 3.64. The van der Waals surface area contributed by atoms with Crippen LogP contribution in [0, 0.1) is 0 Å². The Morgan fingerprint density at radius 1 is 1.20 bits per heavy atom. The second kappa shape index (κ2) is 7.47. The van der Waals surface area contributed by atoms with Crippen LogP contribution < -0.4 is 4.90 Å². The molecule has 0 aromatic carbocycles. The van der Waals surface area contributed by atoms with Crippen molar-refractivity contribution in [3.63, 3.8) is 0 Å². The molecule has 0 saturated carbocycles. The van der Waals surface area contributed by atoms with Gasteiger partial charge in [0.05, 0.1) is 0 Å². The molecule has 7 heteroatoms. The normalized spacial score (nSPS) is 15.9. The number of aromatic nitrogens is 1. The lowest BCUT2D eigenvalue weighted by Crippen LogP contribution is -2.50. The van der Waals surface area contributed by atoms with E-state index in [0.29, 0.717) is 32.7 Å². The molecule has 1 fully saturated rings. The number of nitrogens with zero attached hydrogens (tertiary/aromatic N) is 4. The summed E-state index contributed by atoms with van der Waals surface area (Å²) in [7, 11) is 0. The highest BCUT2D eigenvalue weighted by atomic mass is 16.6. The molecule has 0 aliphatic carbocycles. The van der Waals surface area contributed by atoms with Gasteiger partial charge in [0.15, 0.2) is 0 Å². The Kier molecular flexibility index (Phi) is 5.77. The Balaban J connectivity index is 1.85. The second-order valence-electron chi connectivity index (χ2n) is 7.96. The standard InChI is InChI=1S/C18H29N4O3/c1-17(2,3)25-16(23)22-10-8-21(9-11-22)15-7-6-14(12-19-15)20-13-18(4,5)24/h6-7,12,24H,8-11,13H2,1-5H3/q-1. The van der Waals surface area contributed by atoms with Crippen molar-refractivity contribution in [2.75, 3.05) is 37.6 Å². The minimum Gasteiger partial charge on any atom is -0.681 e. The molecule has 1 aliphatic rings. The average Bonchev–Trinajstić information content (AvgIpc) is 2.51. The lowest BCUT2D eigenvalue weighted by molar-refractivity contribution is 0.0240. The maximum absolute atomic E-state index is 12.1. The smallest absolute Gasteiger partial charge is 0.410 e. The first-order valence-electron chi connectivity index (χ1n) is 8.62. The Morgan fingerprint density at radius 3 is 2.32 bits per heavy atom. The molecule has 0 radical (unpaired) electrons. The molecule has 2 rings (SSSR count). The number of carbonyl (C=O) groups is 1. The van der Waals surface area contributed by atoms with Gasteiger partial charge in [0.1, 0.15) is 11.4 Å². The zero-order valence-electron chi connectivity index (χ0n) is 15.8. The molecule has 1 aromatic rings. The number of hydrogen-bond donors (Lipinski definition) is 1. The van der Waals surface area contributed by atoms with Gasteiger partial charge in [-0.2, -0.15) is 0 Å². The average molecular weight is 349 g/mol. The van der Waals surface area contributed by atoms with Crippen molar-refractivity contribution >= 4 is 17.6 Å². The number of anilines is 1. The van der Waals surface area contributed by atoms with Gasteiger partial charge >= 0.3 is 6.09 Å². The summed E-state index contributed by atoms with van der Waals surface area (Å²) in [6.07, 6.45) is 1.45. The van der Waals surface area contributed by atoms with Crippen LogP contribution in [0.4, 0.5) is 16.3 Å². The maximum atomic E-state index is 12.1. The lowest BCUT2D eigenvalue weighted by atomic mass is 10.1. The van der Waals surface area contributed by atoms with E-state index in [4.69, 9.17) is 4.74 Å². The van der Waals surface area contributed by atoms with E-state index in [1.54, 1.807) is 24.9 Å². The van der Waals surface area contributed by atoms with Crippen molar-refractivity contribution in [3.05, 3.63) is 23.6 Å². The first-order chi connectivity index (χ1) is 11.5. The van der Waals surface area contributed by atoms with E-state index in [1.807, 2.05) is 32.9 Å². The van der Waals surface area contributed by atoms with E-state index in [0.717, 1.165) is 11.5 Å². The first kappa shape index (κ1) is 19.3. The molecule has 1 saturated heterocycles. The molecular weight excluding hydrogens is 320 g/mol. The van der Waals surface area contributed by atoms with E-state index < -0.39 is 11.2 Å². The van der Waals surface area contributed by atoms with Crippen molar-refractivity contribution in [1.82, 2.24) is 9.88 Å². The predicted octanol–water partition coefficient (Wildman–Crippen LogP) is 2.91. The van der Waals surface area contributed by atoms with E-state index in [2.05, 4.69) is 15.2 Å². The molecule has 7 nitrogen and oxygen atoms in total. The molecule has 1 amide bonds. The third-order valence-corrected chi connectivity index (χ3v) is 3.64. The second-order valence-corrected chi connectivity index (χ2v) is 7.96. The summed E-state index contributed by atoms with van der Waals surface area (Å²) in [5, 5.41) is 14.0. The summed E-state index contributed by atoms with van der Waals surface area (Å²) >= 11 is 0. The van der Waals surface area contributed by atoms with Crippen LogP contribution in [0.2, 0.25) is 0 Å². The minimum atomic E-state index is -0.823. The topological polar surface area (TPSA) is 80.0 Å². The molecule has 1 aromatic heterocycles. The quantitative estimate of drug-likeness (QED) is 0.904. The van der Waals surface area contributed by atoms with Crippen molar-refractivity contribution in [2.45, 2.75) is 45.8 Å². The van der Waals surface area contributed by atoms with Gasteiger partial charge in [-0.15, -0.1) is 12.2 Å². The zero-order valence-corrected chi connectivity index (χ0v) is 15.8. The Hall–Kier alpha value is -2.02. The Labute approximate surface area is 150 Å². The van der Waals surface area contributed by atoms with Gasteiger partial charge in [-0.1, -0.05) is 6.07 Å². The summed E-state index contributed by atoms with van der Waals surface area (Å²) < 4.78 is 5.41. The van der Waals surface area contributed by atoms with E-state index >= 15 is 0 Å². The summed E-state index contributed by atoms with van der Waals surface area (Å²) in [5.74, 6) is 0.867. The van der Waals surface area contributed by atoms with Crippen LogP contribution >= 0.6 is 0 Å². The van der Waals surface area contributed by atoms with Crippen molar-refractivity contribution < 1.29 is 14.6 Å². The molecule has 0 spiro atoms. The van der Waals surface area contributed by atoms with Crippen molar-refractivity contribution in [3.8, 4) is 0 Å². The highest BCUT2D eigenvalue weighted by Crippen LogP contribution is 2.23. The van der Waals surface area contributed by atoms with Gasteiger partial charge in [-0.25, -0.2) is 9.78 Å². The van der Waals surface area contributed by atoms with E-state index in [-0.39, 0.29) is 6.09 Å². The van der Waals surface area contributed by atoms with E-state index in [9.17, 15) is 9.90 Å². The highest BCUT2D eigenvalue weighted by molar-refractivity contribution is 5.68. The number of pyridine rings is 1. The third kappa shape index (κ3) is 6.42. The number of rotatable bonds is 4. The number of aliphatic hydroxyl groups is 1. The molecule has 0 atom stereocenters. The van der Waals surface area contributed by atoms with Gasteiger partial charge < -0.3 is 25.0 Å². The van der Waals surface area contributed by atoms with Crippen LogP contribution in [0.3, 0.4) is 0 Å². The highest BCUT2D eigenvalue weighted by Gasteiger charge is 2.26. The fourth-order valence-electron chi connectivity index (χ4n) is 2.39. The number of hydrogen-bond acceptors (Lipinski definition) is 5. The summed E-state index contributed by atoms with van der Waals surface area (Å²) in [6, 6.07) is 3.82. The SMILES string of the molecule is CC(C)(O)C[N-]c1ccc(N2CCN(C(=O)OC(C)(C)C)CC2)nc1. The van der Waals surface area contributed by atoms with Crippen LogP contribution in [0.1, 0.15) is 34.6 Å². The molecule has 2 heterocycles. The number of carbonyl (C=O) groups excluding carboxylic acids is 1. The first-order valence-corrected chi connectivity index (χ1v) is 8.62. The predicted molar refractivity (Wildman–Crippen MR) is 98.4 cm³/mol. The van der Waals surface area contributed by atoms with Crippen LogP contribution in [-0.4, -0.2) is 65.0 Å². The summed E-state index contributed by atoms with van der Waals surface area (Å²) in [5.41, 5.74) is -0.548. The van der Waals surface area contributed by atoms with Gasteiger partial charge in [0.25, 0.3) is 0 Å². The van der Waals surface area contributed by atoms with Gasteiger partial charge in [0.2, 0.25) is 0 Å².